The number of phenolic OH excluding ortho intramolecular Hbond substituents is 3. The van der Waals surface area contributed by atoms with Crippen LogP contribution in [0.5, 0.6) is 17.2 Å². The summed E-state index contributed by atoms with van der Waals surface area (Å²) in [4.78, 5) is 32.9. The van der Waals surface area contributed by atoms with Crippen LogP contribution in [0, 0.1) is 27.2 Å². The molecule has 0 saturated heterocycles. The molecular formula is C32H24CrLiN8O8+. The van der Waals surface area contributed by atoms with E-state index in [9.17, 15) is 40.3 Å². The number of H-pyrrole nitrogens is 1. The third kappa shape index (κ3) is 8.67. The molecule has 1 aromatic heterocycles. The molecule has 0 radical (unpaired) electrons. The maximum absolute atomic E-state index is 12.5. The zero-order valence-corrected chi connectivity index (χ0v) is 27.5. The Hall–Kier alpha value is -6.10. The van der Waals surface area contributed by atoms with Crippen molar-refractivity contribution in [1.29, 1.82) is 0 Å². The van der Waals surface area contributed by atoms with Crippen LogP contribution in [0.15, 0.2) is 128 Å². The second kappa shape index (κ2) is 16.8. The van der Waals surface area contributed by atoms with Gasteiger partial charge < -0.3 is 15.3 Å². The summed E-state index contributed by atoms with van der Waals surface area (Å²) < 4.78 is 1.32. The maximum Gasteiger partial charge on any atom is 1.00 e. The molecule has 0 bridgehead atoms. The van der Waals surface area contributed by atoms with Crippen molar-refractivity contribution < 1.29 is 61.4 Å². The van der Waals surface area contributed by atoms with Crippen LogP contribution in [-0.2, 0) is 17.4 Å². The first-order valence-corrected chi connectivity index (χ1v) is 13.9. The van der Waals surface area contributed by atoms with E-state index >= 15 is 0 Å². The third-order valence-electron chi connectivity index (χ3n) is 6.79. The van der Waals surface area contributed by atoms with E-state index in [-0.39, 0.29) is 87.6 Å². The van der Waals surface area contributed by atoms with Gasteiger partial charge in [-0.05, 0) is 42.6 Å². The number of hydrogen-bond donors (Lipinski definition) is 4. The van der Waals surface area contributed by atoms with Crippen molar-refractivity contribution in [2.24, 2.45) is 20.5 Å². The average molecular weight is 708 g/mol. The molecule has 6 aromatic rings. The molecule has 50 heavy (non-hydrogen) atoms. The van der Waals surface area contributed by atoms with Gasteiger partial charge in [-0.3, -0.25) is 30.1 Å². The van der Waals surface area contributed by atoms with Crippen molar-refractivity contribution in [3.05, 3.63) is 139 Å². The molecule has 0 saturated carbocycles. The summed E-state index contributed by atoms with van der Waals surface area (Å²) >= 11 is 0. The number of rotatable bonds is 7. The Morgan fingerprint density at radius 3 is 1.72 bits per heavy atom. The van der Waals surface area contributed by atoms with Gasteiger partial charge in [0, 0.05) is 47.0 Å². The first-order chi connectivity index (χ1) is 23.0. The summed E-state index contributed by atoms with van der Waals surface area (Å²) in [5.74, 6) is -0.581. The van der Waals surface area contributed by atoms with E-state index in [1.54, 1.807) is 49.4 Å². The van der Waals surface area contributed by atoms with Gasteiger partial charge in [-0.2, -0.15) is 0 Å². The van der Waals surface area contributed by atoms with Gasteiger partial charge in [0.2, 0.25) is 0 Å². The maximum atomic E-state index is 12.5. The zero-order valence-electron chi connectivity index (χ0n) is 26.2. The van der Waals surface area contributed by atoms with Crippen molar-refractivity contribution in [2.45, 2.75) is 6.92 Å². The van der Waals surface area contributed by atoms with Gasteiger partial charge in [0.1, 0.15) is 34.3 Å². The monoisotopic (exact) mass is 707 g/mol. The number of nitrogens with one attached hydrogen (secondary N) is 1. The van der Waals surface area contributed by atoms with Gasteiger partial charge in [0.25, 0.3) is 16.9 Å². The van der Waals surface area contributed by atoms with Crippen LogP contribution in [0.1, 0.15) is 5.69 Å². The standard InChI is InChI=1S/C16H13N5O4.C16H11N3O4.Cr.Li/c1-10-15(16(23)20(19-10)11-5-3-2-4-6-11)18-17-13-9-12(21(24)25)7-8-14(13)22;20-14-8-6-11(19(22)23)9-13(14)17-18-16-12-4-2-1-3-10(12)5-7-15(16)21;;/h2-9,19,22H,1H3;1-9,20-21H;;/q;;;+1. The number of para-hydroxylation sites is 1. The fourth-order valence-corrected chi connectivity index (χ4v) is 4.38. The van der Waals surface area contributed by atoms with E-state index in [1.807, 2.05) is 18.2 Å². The van der Waals surface area contributed by atoms with Crippen molar-refractivity contribution in [3.63, 3.8) is 0 Å². The van der Waals surface area contributed by atoms with Gasteiger partial charge in [-0.15, -0.1) is 20.5 Å². The number of aryl methyl sites for hydroxylation is 1. The molecule has 0 aliphatic carbocycles. The zero-order chi connectivity index (χ0) is 34.4. The number of benzene rings is 5. The molecule has 18 heteroatoms. The van der Waals surface area contributed by atoms with Crippen LogP contribution in [0.4, 0.5) is 34.1 Å². The van der Waals surface area contributed by atoms with Crippen molar-refractivity contribution in [3.8, 4) is 22.9 Å². The SMILES string of the molecule is Cc1[nH]n(-c2ccccc2)c(=O)c1N=Nc1cc([N+](=O)[O-])ccc1O.O=[N+]([O-])c1ccc(O)c(N=Nc2c(O)ccc3ccccc23)c1.[Cr].[Li+]. The van der Waals surface area contributed by atoms with E-state index in [4.69, 9.17) is 0 Å². The third-order valence-corrected chi connectivity index (χ3v) is 6.79. The molecule has 246 valence electrons. The Kier molecular flexibility index (Phi) is 12.9. The number of nitro groups is 2. The number of aromatic hydroxyl groups is 3. The predicted molar refractivity (Wildman–Crippen MR) is 175 cm³/mol. The molecular weight excluding hydrogens is 683 g/mol. The number of azo groups is 2. The van der Waals surface area contributed by atoms with Crippen LogP contribution >= 0.6 is 0 Å². The molecule has 0 amide bonds. The van der Waals surface area contributed by atoms with Gasteiger partial charge in [-0.25, -0.2) is 4.68 Å². The van der Waals surface area contributed by atoms with Gasteiger partial charge in [-0.1, -0.05) is 48.5 Å². The fraction of sp³-hybridized carbons (Fsp3) is 0.0312. The van der Waals surface area contributed by atoms with E-state index < -0.39 is 15.4 Å². The number of nitro benzene ring substituents is 2. The molecule has 0 aliphatic rings. The Balaban J connectivity index is 0.000000261. The largest absolute Gasteiger partial charge is 1.00 e. The quantitative estimate of drug-likeness (QED) is 0.0754. The van der Waals surface area contributed by atoms with Crippen molar-refractivity contribution >= 4 is 44.9 Å². The molecule has 0 aliphatic heterocycles. The Morgan fingerprint density at radius 1 is 0.660 bits per heavy atom. The second-order valence-electron chi connectivity index (χ2n) is 9.98. The van der Waals surface area contributed by atoms with Crippen molar-refractivity contribution in [2.75, 3.05) is 0 Å². The molecule has 6 rings (SSSR count). The van der Waals surface area contributed by atoms with Crippen LogP contribution in [0.2, 0.25) is 0 Å². The Morgan fingerprint density at radius 2 is 1.16 bits per heavy atom. The minimum Gasteiger partial charge on any atom is -0.506 e. The van der Waals surface area contributed by atoms with E-state index in [0.29, 0.717) is 16.8 Å². The van der Waals surface area contributed by atoms with E-state index in [0.717, 1.165) is 29.7 Å². The first kappa shape index (κ1) is 38.3. The van der Waals surface area contributed by atoms with Crippen molar-refractivity contribution in [1.82, 2.24) is 9.78 Å². The van der Waals surface area contributed by atoms with Crippen LogP contribution in [-0.4, -0.2) is 34.9 Å². The summed E-state index contributed by atoms with van der Waals surface area (Å²) in [5.41, 5.74) is 0.379. The molecule has 0 atom stereocenters. The smallest absolute Gasteiger partial charge is 0.506 e. The van der Waals surface area contributed by atoms with Gasteiger partial charge in [0.05, 0.1) is 21.2 Å². The normalized spacial score (nSPS) is 10.7. The predicted octanol–water partition coefficient (Wildman–Crippen LogP) is 5.08. The Bertz CT molecular complexity index is 2290. The van der Waals surface area contributed by atoms with Crippen LogP contribution in [0.3, 0.4) is 0 Å². The first-order valence-electron chi connectivity index (χ1n) is 13.9. The number of fused-ring (bicyclic) bond motifs is 1. The molecule has 0 spiro atoms. The van der Waals surface area contributed by atoms with E-state index in [2.05, 4.69) is 25.6 Å². The Labute approximate surface area is 304 Å². The fourth-order valence-electron chi connectivity index (χ4n) is 4.38. The van der Waals surface area contributed by atoms with Gasteiger partial charge in [0.15, 0.2) is 5.69 Å². The molecule has 1 heterocycles. The number of aromatic amines is 1. The van der Waals surface area contributed by atoms with Gasteiger partial charge >= 0.3 is 18.9 Å². The van der Waals surface area contributed by atoms with E-state index in [1.165, 1.54) is 22.9 Å². The van der Waals surface area contributed by atoms with Crippen LogP contribution < -0.4 is 24.4 Å². The molecule has 4 N–H and O–H groups in total. The second-order valence-corrected chi connectivity index (χ2v) is 9.98. The summed E-state index contributed by atoms with van der Waals surface area (Å²) in [6.07, 6.45) is 0. The van der Waals surface area contributed by atoms with Crippen LogP contribution in [0.25, 0.3) is 16.5 Å². The molecule has 0 unspecified atom stereocenters. The number of nitrogens with zero attached hydrogens (tertiary/aromatic N) is 7. The minimum atomic E-state index is -0.609. The summed E-state index contributed by atoms with van der Waals surface area (Å²) in [6, 6.07) is 26.3. The topological polar surface area (TPSA) is 234 Å². The number of aromatic nitrogens is 2. The minimum absolute atomic E-state index is 0. The number of non-ortho nitro benzene ring substituents is 2. The number of phenols is 3. The molecule has 0 fully saturated rings. The average Bonchev–Trinajstić information content (AvgIpc) is 3.37. The molecule has 16 nitrogen and oxygen atoms in total. The summed E-state index contributed by atoms with van der Waals surface area (Å²) in [5, 5.41) is 70.9. The number of hydrogen-bond acceptors (Lipinski definition) is 12. The molecule has 5 aromatic carbocycles. The summed E-state index contributed by atoms with van der Waals surface area (Å²) in [7, 11) is 0. The summed E-state index contributed by atoms with van der Waals surface area (Å²) in [6.45, 7) is 1.66.